The lowest BCUT2D eigenvalue weighted by atomic mass is 10.2. The standard InChI is InChI=1S/C12H18O2/c1-10-4-6-12(7-5-10)9-14-11(2)8-13-3/h4-7,11H,8-9H2,1-3H3. The summed E-state index contributed by atoms with van der Waals surface area (Å²) >= 11 is 0. The van der Waals surface area contributed by atoms with Gasteiger partial charge in [-0.2, -0.15) is 0 Å². The van der Waals surface area contributed by atoms with Gasteiger partial charge in [-0.15, -0.1) is 0 Å². The maximum atomic E-state index is 5.58. The minimum atomic E-state index is 0.154. The molecule has 2 heteroatoms. The van der Waals surface area contributed by atoms with Crippen LogP contribution in [0.2, 0.25) is 0 Å². The van der Waals surface area contributed by atoms with Crippen LogP contribution >= 0.6 is 0 Å². The molecule has 0 aliphatic heterocycles. The first kappa shape index (κ1) is 11.2. The first-order chi connectivity index (χ1) is 6.72. The van der Waals surface area contributed by atoms with Gasteiger partial charge < -0.3 is 9.47 Å². The Morgan fingerprint density at radius 2 is 1.86 bits per heavy atom. The van der Waals surface area contributed by atoms with Crippen molar-refractivity contribution in [2.75, 3.05) is 13.7 Å². The van der Waals surface area contributed by atoms with Crippen LogP contribution in [0.5, 0.6) is 0 Å². The monoisotopic (exact) mass is 194 g/mol. The van der Waals surface area contributed by atoms with Gasteiger partial charge in [-0.1, -0.05) is 29.8 Å². The molecule has 0 N–H and O–H groups in total. The average Bonchev–Trinajstić information content (AvgIpc) is 2.17. The summed E-state index contributed by atoms with van der Waals surface area (Å²) in [6.07, 6.45) is 0.154. The third-order valence-corrected chi connectivity index (χ3v) is 2.06. The molecule has 78 valence electrons. The lowest BCUT2D eigenvalue weighted by Crippen LogP contribution is -2.14. The molecule has 0 spiro atoms. The van der Waals surface area contributed by atoms with Crippen molar-refractivity contribution in [3.63, 3.8) is 0 Å². The third kappa shape index (κ3) is 3.90. The Hall–Kier alpha value is -0.860. The number of benzene rings is 1. The molecule has 0 aromatic heterocycles. The average molecular weight is 194 g/mol. The van der Waals surface area contributed by atoms with Gasteiger partial charge in [-0.3, -0.25) is 0 Å². The van der Waals surface area contributed by atoms with Gasteiger partial charge in [-0.05, 0) is 19.4 Å². The van der Waals surface area contributed by atoms with Crippen LogP contribution in [0.4, 0.5) is 0 Å². The third-order valence-electron chi connectivity index (χ3n) is 2.06. The van der Waals surface area contributed by atoms with E-state index >= 15 is 0 Å². The van der Waals surface area contributed by atoms with Gasteiger partial charge in [0.1, 0.15) is 0 Å². The lowest BCUT2D eigenvalue weighted by molar-refractivity contribution is -0.000127. The van der Waals surface area contributed by atoms with Gasteiger partial charge in [0.25, 0.3) is 0 Å². The Kier molecular flexibility index (Phi) is 4.63. The molecular weight excluding hydrogens is 176 g/mol. The summed E-state index contributed by atoms with van der Waals surface area (Å²) in [6, 6.07) is 8.38. The van der Waals surface area contributed by atoms with E-state index in [1.165, 1.54) is 11.1 Å². The van der Waals surface area contributed by atoms with Crippen molar-refractivity contribution in [3.8, 4) is 0 Å². The molecule has 0 saturated heterocycles. The van der Waals surface area contributed by atoms with E-state index in [-0.39, 0.29) is 6.10 Å². The highest BCUT2D eigenvalue weighted by Gasteiger charge is 2.01. The van der Waals surface area contributed by atoms with Crippen molar-refractivity contribution in [3.05, 3.63) is 35.4 Å². The largest absolute Gasteiger partial charge is 0.382 e. The molecule has 0 saturated carbocycles. The van der Waals surface area contributed by atoms with Crippen molar-refractivity contribution in [2.45, 2.75) is 26.6 Å². The zero-order valence-corrected chi connectivity index (χ0v) is 9.12. The summed E-state index contributed by atoms with van der Waals surface area (Å²) in [5.74, 6) is 0. The molecule has 0 aliphatic carbocycles. The summed E-state index contributed by atoms with van der Waals surface area (Å²) in [7, 11) is 1.69. The Bertz CT molecular complexity index is 254. The molecule has 1 aromatic rings. The molecule has 1 aromatic carbocycles. The predicted octanol–water partition coefficient (Wildman–Crippen LogP) is 2.55. The van der Waals surface area contributed by atoms with Crippen LogP contribution in [-0.2, 0) is 16.1 Å². The molecule has 1 unspecified atom stereocenters. The van der Waals surface area contributed by atoms with Gasteiger partial charge in [0.15, 0.2) is 0 Å². The fraction of sp³-hybridized carbons (Fsp3) is 0.500. The first-order valence-corrected chi connectivity index (χ1v) is 4.88. The number of ether oxygens (including phenoxy) is 2. The maximum absolute atomic E-state index is 5.58. The minimum Gasteiger partial charge on any atom is -0.382 e. The normalized spacial score (nSPS) is 12.8. The van der Waals surface area contributed by atoms with Crippen molar-refractivity contribution < 1.29 is 9.47 Å². The number of hydrogen-bond donors (Lipinski definition) is 0. The molecule has 0 bridgehead atoms. The van der Waals surface area contributed by atoms with Gasteiger partial charge in [0, 0.05) is 7.11 Å². The summed E-state index contributed by atoms with van der Waals surface area (Å²) in [5.41, 5.74) is 2.48. The zero-order chi connectivity index (χ0) is 10.4. The molecule has 0 heterocycles. The van der Waals surface area contributed by atoms with Crippen LogP contribution in [0, 0.1) is 6.92 Å². The lowest BCUT2D eigenvalue weighted by Gasteiger charge is -2.11. The van der Waals surface area contributed by atoms with Crippen molar-refractivity contribution in [1.29, 1.82) is 0 Å². The summed E-state index contributed by atoms with van der Waals surface area (Å²) in [6.45, 7) is 5.40. The highest BCUT2D eigenvalue weighted by Crippen LogP contribution is 2.06. The van der Waals surface area contributed by atoms with Crippen LogP contribution in [0.1, 0.15) is 18.1 Å². The molecule has 0 radical (unpaired) electrons. The SMILES string of the molecule is COCC(C)OCc1ccc(C)cc1. The van der Waals surface area contributed by atoms with E-state index in [1.807, 2.05) is 6.92 Å². The molecule has 1 atom stereocenters. The van der Waals surface area contributed by atoms with E-state index in [4.69, 9.17) is 9.47 Å². The topological polar surface area (TPSA) is 18.5 Å². The fourth-order valence-electron chi connectivity index (χ4n) is 1.21. The molecular formula is C12H18O2. The van der Waals surface area contributed by atoms with Crippen LogP contribution in [0.3, 0.4) is 0 Å². The van der Waals surface area contributed by atoms with E-state index in [9.17, 15) is 0 Å². The Labute approximate surface area is 85.8 Å². The summed E-state index contributed by atoms with van der Waals surface area (Å²) < 4.78 is 10.6. The van der Waals surface area contributed by atoms with E-state index in [1.54, 1.807) is 7.11 Å². The Balaban J connectivity index is 2.34. The number of rotatable bonds is 5. The second kappa shape index (κ2) is 5.78. The smallest absolute Gasteiger partial charge is 0.0784 e. The Morgan fingerprint density at radius 3 is 2.43 bits per heavy atom. The van der Waals surface area contributed by atoms with Crippen LogP contribution in [0.25, 0.3) is 0 Å². The predicted molar refractivity (Wildman–Crippen MR) is 57.3 cm³/mol. The fourth-order valence-corrected chi connectivity index (χ4v) is 1.21. The van der Waals surface area contributed by atoms with Gasteiger partial charge in [-0.25, -0.2) is 0 Å². The van der Waals surface area contributed by atoms with Crippen molar-refractivity contribution >= 4 is 0 Å². The summed E-state index contributed by atoms with van der Waals surface area (Å²) in [5, 5.41) is 0. The van der Waals surface area contributed by atoms with E-state index < -0.39 is 0 Å². The summed E-state index contributed by atoms with van der Waals surface area (Å²) in [4.78, 5) is 0. The molecule has 0 amide bonds. The minimum absolute atomic E-state index is 0.154. The van der Waals surface area contributed by atoms with Gasteiger partial charge >= 0.3 is 0 Å². The zero-order valence-electron chi connectivity index (χ0n) is 9.12. The Morgan fingerprint density at radius 1 is 1.21 bits per heavy atom. The van der Waals surface area contributed by atoms with Crippen molar-refractivity contribution in [2.24, 2.45) is 0 Å². The highest BCUT2D eigenvalue weighted by atomic mass is 16.5. The molecule has 1 rings (SSSR count). The van der Waals surface area contributed by atoms with Crippen molar-refractivity contribution in [1.82, 2.24) is 0 Å². The molecule has 2 nitrogen and oxygen atoms in total. The van der Waals surface area contributed by atoms with E-state index in [2.05, 4.69) is 31.2 Å². The van der Waals surface area contributed by atoms with Crippen LogP contribution in [0.15, 0.2) is 24.3 Å². The van der Waals surface area contributed by atoms with E-state index in [0.717, 1.165) is 0 Å². The van der Waals surface area contributed by atoms with E-state index in [0.29, 0.717) is 13.2 Å². The van der Waals surface area contributed by atoms with Gasteiger partial charge in [0.2, 0.25) is 0 Å². The number of aryl methyl sites for hydroxylation is 1. The highest BCUT2D eigenvalue weighted by molar-refractivity contribution is 5.20. The molecule has 14 heavy (non-hydrogen) atoms. The maximum Gasteiger partial charge on any atom is 0.0784 e. The van der Waals surface area contributed by atoms with Crippen LogP contribution in [-0.4, -0.2) is 19.8 Å². The second-order valence-electron chi connectivity index (χ2n) is 3.56. The van der Waals surface area contributed by atoms with Crippen LogP contribution < -0.4 is 0 Å². The number of hydrogen-bond acceptors (Lipinski definition) is 2. The second-order valence-corrected chi connectivity index (χ2v) is 3.56. The molecule has 0 fully saturated rings. The quantitative estimate of drug-likeness (QED) is 0.717. The molecule has 0 aliphatic rings. The van der Waals surface area contributed by atoms with Gasteiger partial charge in [0.05, 0.1) is 19.3 Å². The number of methoxy groups -OCH3 is 1. The first-order valence-electron chi connectivity index (χ1n) is 4.88.